The number of hydrogen-bond donors (Lipinski definition) is 1. The van der Waals surface area contributed by atoms with Gasteiger partial charge >= 0.3 is 0 Å². The van der Waals surface area contributed by atoms with Crippen LogP contribution in [-0.4, -0.2) is 68.3 Å². The van der Waals surface area contributed by atoms with E-state index in [0.717, 1.165) is 22.8 Å². The van der Waals surface area contributed by atoms with Gasteiger partial charge in [-0.1, -0.05) is 23.7 Å². The van der Waals surface area contributed by atoms with Crippen molar-refractivity contribution in [3.8, 4) is 0 Å². The summed E-state index contributed by atoms with van der Waals surface area (Å²) in [5, 5.41) is 3.66. The topological polar surface area (TPSA) is 69.7 Å². The Bertz CT molecular complexity index is 942. The van der Waals surface area contributed by atoms with Crippen molar-refractivity contribution in [1.82, 2.24) is 14.5 Å². The third-order valence-corrected chi connectivity index (χ3v) is 7.46. The molecule has 0 aromatic heterocycles. The molecular formula is C21H26ClN3O3S2. The summed E-state index contributed by atoms with van der Waals surface area (Å²) < 4.78 is 24.7. The maximum Gasteiger partial charge on any atom is 0.251 e. The zero-order chi connectivity index (χ0) is 21.6. The van der Waals surface area contributed by atoms with Crippen LogP contribution in [0.5, 0.6) is 0 Å². The average Bonchev–Trinajstić information content (AvgIpc) is 2.72. The molecule has 9 heteroatoms. The highest BCUT2D eigenvalue weighted by Gasteiger charge is 2.23. The molecule has 0 atom stereocenters. The van der Waals surface area contributed by atoms with Crippen molar-refractivity contribution >= 4 is 39.3 Å². The number of thioether (sulfide) groups is 1. The second kappa shape index (κ2) is 10.6. The van der Waals surface area contributed by atoms with Crippen molar-refractivity contribution in [3.63, 3.8) is 0 Å². The number of carbonyl (C=O) groups is 1. The molecule has 1 fully saturated rings. The van der Waals surface area contributed by atoms with Gasteiger partial charge < -0.3 is 5.32 Å². The van der Waals surface area contributed by atoms with Crippen molar-refractivity contribution in [3.05, 3.63) is 64.7 Å². The van der Waals surface area contributed by atoms with E-state index in [1.807, 2.05) is 48.5 Å². The largest absolute Gasteiger partial charge is 0.351 e. The Labute approximate surface area is 187 Å². The molecule has 1 amide bonds. The van der Waals surface area contributed by atoms with E-state index in [2.05, 4.69) is 10.2 Å². The molecule has 1 saturated heterocycles. The van der Waals surface area contributed by atoms with Crippen molar-refractivity contribution in [2.24, 2.45) is 0 Å². The van der Waals surface area contributed by atoms with E-state index in [-0.39, 0.29) is 5.91 Å². The highest BCUT2D eigenvalue weighted by atomic mass is 35.5. The summed E-state index contributed by atoms with van der Waals surface area (Å²) >= 11 is 7.55. The van der Waals surface area contributed by atoms with E-state index in [9.17, 15) is 13.2 Å². The number of benzene rings is 2. The molecule has 0 spiro atoms. The van der Waals surface area contributed by atoms with E-state index in [4.69, 9.17) is 11.6 Å². The summed E-state index contributed by atoms with van der Waals surface area (Å²) in [4.78, 5) is 15.7. The molecule has 1 aliphatic rings. The molecule has 3 rings (SSSR count). The minimum atomic E-state index is -3.11. The molecule has 6 nitrogen and oxygen atoms in total. The highest BCUT2D eigenvalue weighted by molar-refractivity contribution is 7.99. The van der Waals surface area contributed by atoms with Crippen LogP contribution in [0.4, 0.5) is 0 Å². The van der Waals surface area contributed by atoms with Crippen LogP contribution in [0.1, 0.15) is 15.9 Å². The molecule has 30 heavy (non-hydrogen) atoms. The number of rotatable bonds is 8. The van der Waals surface area contributed by atoms with Gasteiger partial charge in [0.05, 0.1) is 6.26 Å². The van der Waals surface area contributed by atoms with E-state index in [0.29, 0.717) is 43.3 Å². The van der Waals surface area contributed by atoms with Gasteiger partial charge in [-0.3, -0.25) is 9.69 Å². The van der Waals surface area contributed by atoms with Gasteiger partial charge in [0.2, 0.25) is 10.0 Å². The molecule has 0 radical (unpaired) electrons. The molecule has 2 aromatic rings. The predicted octanol–water partition coefficient (Wildman–Crippen LogP) is 2.94. The van der Waals surface area contributed by atoms with Gasteiger partial charge in [0.15, 0.2) is 0 Å². The Hall–Kier alpha value is -1.58. The van der Waals surface area contributed by atoms with Crippen molar-refractivity contribution in [2.45, 2.75) is 11.4 Å². The molecule has 0 unspecified atom stereocenters. The number of halogens is 1. The molecule has 1 aliphatic heterocycles. The third kappa shape index (κ3) is 6.99. The van der Waals surface area contributed by atoms with Gasteiger partial charge in [-0.15, -0.1) is 11.8 Å². The summed E-state index contributed by atoms with van der Waals surface area (Å²) in [6.45, 7) is 3.79. The fourth-order valence-corrected chi connectivity index (χ4v) is 4.93. The van der Waals surface area contributed by atoms with Crippen molar-refractivity contribution in [1.29, 1.82) is 0 Å². The predicted molar refractivity (Wildman–Crippen MR) is 123 cm³/mol. The zero-order valence-corrected chi connectivity index (χ0v) is 19.3. The van der Waals surface area contributed by atoms with Gasteiger partial charge in [-0.2, -0.15) is 4.31 Å². The molecule has 1 N–H and O–H groups in total. The first-order valence-electron chi connectivity index (χ1n) is 9.74. The van der Waals surface area contributed by atoms with Gasteiger partial charge in [-0.05, 0) is 42.0 Å². The SMILES string of the molecule is CS(=O)(=O)N1CCN(Cc2ccc(C(=O)NCCSc3ccc(Cl)cc3)cc2)CC1. The number of amides is 1. The Balaban J connectivity index is 1.40. The molecule has 0 saturated carbocycles. The van der Waals surface area contributed by atoms with E-state index in [1.54, 1.807) is 11.8 Å². The van der Waals surface area contributed by atoms with E-state index < -0.39 is 10.0 Å². The number of carbonyl (C=O) groups excluding carboxylic acids is 1. The van der Waals surface area contributed by atoms with Crippen LogP contribution in [0, 0.1) is 0 Å². The van der Waals surface area contributed by atoms with Gasteiger partial charge in [-0.25, -0.2) is 8.42 Å². The second-order valence-corrected chi connectivity index (χ2v) is 10.8. The zero-order valence-electron chi connectivity index (χ0n) is 16.9. The lowest BCUT2D eigenvalue weighted by Crippen LogP contribution is -2.47. The Morgan fingerprint density at radius 3 is 2.27 bits per heavy atom. The number of piperazine rings is 1. The second-order valence-electron chi connectivity index (χ2n) is 7.19. The molecule has 162 valence electrons. The summed E-state index contributed by atoms with van der Waals surface area (Å²) in [5.74, 6) is 0.699. The first-order valence-corrected chi connectivity index (χ1v) is 13.0. The van der Waals surface area contributed by atoms with E-state index in [1.165, 1.54) is 10.6 Å². The summed E-state index contributed by atoms with van der Waals surface area (Å²) in [6, 6.07) is 15.2. The minimum Gasteiger partial charge on any atom is -0.351 e. The van der Waals surface area contributed by atoms with Crippen LogP contribution in [0.15, 0.2) is 53.4 Å². The number of sulfonamides is 1. The van der Waals surface area contributed by atoms with Crippen molar-refractivity contribution in [2.75, 3.05) is 44.7 Å². The highest BCUT2D eigenvalue weighted by Crippen LogP contribution is 2.19. The lowest BCUT2D eigenvalue weighted by Gasteiger charge is -2.33. The normalized spacial score (nSPS) is 15.8. The average molecular weight is 468 g/mol. The maximum atomic E-state index is 12.3. The Morgan fingerprint density at radius 1 is 1.03 bits per heavy atom. The van der Waals surface area contributed by atoms with Crippen LogP contribution in [-0.2, 0) is 16.6 Å². The van der Waals surface area contributed by atoms with Gasteiger partial charge in [0.25, 0.3) is 5.91 Å². The summed E-state index contributed by atoms with van der Waals surface area (Å²) in [7, 11) is -3.11. The number of hydrogen-bond acceptors (Lipinski definition) is 5. The lowest BCUT2D eigenvalue weighted by atomic mass is 10.1. The summed E-state index contributed by atoms with van der Waals surface area (Å²) in [6.07, 6.45) is 1.25. The quantitative estimate of drug-likeness (QED) is 0.477. The van der Waals surface area contributed by atoms with Crippen molar-refractivity contribution < 1.29 is 13.2 Å². The third-order valence-electron chi connectivity index (χ3n) is 4.89. The van der Waals surface area contributed by atoms with E-state index >= 15 is 0 Å². The molecule has 0 bridgehead atoms. The fraction of sp³-hybridized carbons (Fsp3) is 0.381. The summed E-state index contributed by atoms with van der Waals surface area (Å²) in [5.41, 5.74) is 1.75. The van der Waals surface area contributed by atoms with Gasteiger partial charge in [0, 0.05) is 60.5 Å². The lowest BCUT2D eigenvalue weighted by molar-refractivity contribution is 0.0956. The van der Waals surface area contributed by atoms with Crippen LogP contribution in [0.2, 0.25) is 5.02 Å². The number of nitrogens with one attached hydrogen (secondary N) is 1. The molecule has 1 heterocycles. The van der Waals surface area contributed by atoms with Gasteiger partial charge in [0.1, 0.15) is 0 Å². The maximum absolute atomic E-state index is 12.3. The Morgan fingerprint density at radius 2 is 1.67 bits per heavy atom. The smallest absolute Gasteiger partial charge is 0.251 e. The molecule has 0 aliphatic carbocycles. The van der Waals surface area contributed by atoms with Crippen LogP contribution >= 0.6 is 23.4 Å². The fourth-order valence-electron chi connectivity index (χ4n) is 3.21. The monoisotopic (exact) mass is 467 g/mol. The van der Waals surface area contributed by atoms with Crippen LogP contribution in [0.25, 0.3) is 0 Å². The van der Waals surface area contributed by atoms with Crippen LogP contribution in [0.3, 0.4) is 0 Å². The molecular weight excluding hydrogens is 442 g/mol. The number of nitrogens with zero attached hydrogens (tertiary/aromatic N) is 2. The standard InChI is InChI=1S/C21H26ClN3O3S2/c1-30(27,28)25-13-11-24(12-14-25)16-17-2-4-18(5-3-17)21(26)23-10-15-29-20-8-6-19(22)7-9-20/h2-9H,10-16H2,1H3,(H,23,26). The molecule has 2 aromatic carbocycles. The first kappa shape index (κ1) is 23.1. The first-order chi connectivity index (χ1) is 14.3. The Kier molecular flexibility index (Phi) is 8.19. The van der Waals surface area contributed by atoms with Crippen LogP contribution < -0.4 is 5.32 Å². The minimum absolute atomic E-state index is 0.0833.